The van der Waals surface area contributed by atoms with Crippen LogP contribution in [0.15, 0.2) is 72.9 Å². The predicted octanol–water partition coefficient (Wildman–Crippen LogP) is 4.02. The number of urea groups is 1. The van der Waals surface area contributed by atoms with Crippen LogP contribution in [0.5, 0.6) is 0 Å². The van der Waals surface area contributed by atoms with Crippen LogP contribution in [0, 0.1) is 11.8 Å². The number of carbonyl (C=O) groups is 2. The Balaban J connectivity index is 1.37. The molecule has 3 N–H and O–H groups in total. The van der Waals surface area contributed by atoms with Gasteiger partial charge in [-0.25, -0.2) is 9.78 Å². The minimum Gasteiger partial charge on any atom is -0.335 e. The second-order valence-electron chi connectivity index (χ2n) is 6.95. The van der Waals surface area contributed by atoms with Crippen molar-refractivity contribution in [2.75, 3.05) is 10.6 Å². The molecule has 1 aliphatic rings. The van der Waals surface area contributed by atoms with Gasteiger partial charge in [0.25, 0.3) is 5.91 Å². The summed E-state index contributed by atoms with van der Waals surface area (Å²) in [5, 5.41) is 8.49. The van der Waals surface area contributed by atoms with Crippen molar-refractivity contribution in [3.05, 3.63) is 89.7 Å². The maximum absolute atomic E-state index is 12.5. The Hall–Kier alpha value is -4.11. The van der Waals surface area contributed by atoms with Gasteiger partial charge in [-0.05, 0) is 73.4 Å². The monoisotopic (exact) mass is 396 g/mol. The first-order chi connectivity index (χ1) is 14.7. The summed E-state index contributed by atoms with van der Waals surface area (Å²) in [5.74, 6) is 5.81. The lowest BCUT2D eigenvalue weighted by atomic mass is 10.1. The van der Waals surface area contributed by atoms with E-state index in [0.717, 1.165) is 18.4 Å². The van der Waals surface area contributed by atoms with Gasteiger partial charge >= 0.3 is 6.03 Å². The van der Waals surface area contributed by atoms with Gasteiger partial charge in [0.2, 0.25) is 0 Å². The molecule has 1 heterocycles. The van der Waals surface area contributed by atoms with Crippen LogP contribution in [0.4, 0.5) is 16.2 Å². The fourth-order valence-electron chi connectivity index (χ4n) is 2.74. The van der Waals surface area contributed by atoms with Crippen molar-refractivity contribution in [1.82, 2.24) is 10.3 Å². The zero-order valence-corrected chi connectivity index (χ0v) is 16.2. The van der Waals surface area contributed by atoms with Gasteiger partial charge in [-0.3, -0.25) is 4.79 Å². The van der Waals surface area contributed by atoms with Crippen LogP contribution >= 0.6 is 0 Å². The highest BCUT2D eigenvalue weighted by Crippen LogP contribution is 2.19. The molecule has 1 fully saturated rings. The zero-order valence-electron chi connectivity index (χ0n) is 16.2. The Kier molecular flexibility index (Phi) is 5.72. The standard InChI is InChI=1S/C24H20N4O2/c29-23(18-8-11-20(12-9-18)27-24(30)28-21-13-14-21)26-22-6-3-4-17(16-22)7-10-19-5-1-2-15-25-19/h1-6,8-9,11-12,15-16,21H,13-14H2,(H,26,29)(H2,27,28,30). The average Bonchev–Trinajstić information content (AvgIpc) is 3.57. The van der Waals surface area contributed by atoms with E-state index in [1.165, 1.54) is 0 Å². The first kappa shape index (κ1) is 19.2. The van der Waals surface area contributed by atoms with Gasteiger partial charge in [-0.1, -0.05) is 18.1 Å². The molecule has 0 aliphatic heterocycles. The number of aromatic nitrogens is 1. The number of carbonyl (C=O) groups excluding carboxylic acids is 2. The van der Waals surface area contributed by atoms with Crippen molar-refractivity contribution in [2.24, 2.45) is 0 Å². The lowest BCUT2D eigenvalue weighted by Gasteiger charge is -2.08. The van der Waals surface area contributed by atoms with Crippen molar-refractivity contribution in [2.45, 2.75) is 18.9 Å². The molecule has 0 radical (unpaired) electrons. The molecule has 30 heavy (non-hydrogen) atoms. The fourth-order valence-corrected chi connectivity index (χ4v) is 2.74. The Bertz CT molecular complexity index is 1110. The molecule has 0 saturated heterocycles. The zero-order chi connectivity index (χ0) is 20.8. The quantitative estimate of drug-likeness (QED) is 0.583. The predicted molar refractivity (Wildman–Crippen MR) is 116 cm³/mol. The maximum atomic E-state index is 12.5. The second kappa shape index (κ2) is 8.93. The number of hydrogen-bond donors (Lipinski definition) is 3. The van der Waals surface area contributed by atoms with E-state index in [2.05, 4.69) is 32.8 Å². The third-order valence-electron chi connectivity index (χ3n) is 4.44. The smallest absolute Gasteiger partial charge is 0.319 e. The van der Waals surface area contributed by atoms with Crippen LogP contribution in [0.3, 0.4) is 0 Å². The average molecular weight is 396 g/mol. The number of nitrogens with zero attached hydrogens (tertiary/aromatic N) is 1. The molecule has 6 heteroatoms. The van der Waals surface area contributed by atoms with Crippen molar-refractivity contribution in [3.63, 3.8) is 0 Å². The van der Waals surface area contributed by atoms with E-state index in [1.54, 1.807) is 30.5 Å². The Labute approximate surface area is 174 Å². The van der Waals surface area contributed by atoms with Crippen molar-refractivity contribution < 1.29 is 9.59 Å². The molecular weight excluding hydrogens is 376 g/mol. The van der Waals surface area contributed by atoms with E-state index < -0.39 is 0 Å². The lowest BCUT2D eigenvalue weighted by molar-refractivity contribution is 0.102. The van der Waals surface area contributed by atoms with Crippen LogP contribution in [0.2, 0.25) is 0 Å². The molecule has 6 nitrogen and oxygen atoms in total. The van der Waals surface area contributed by atoms with E-state index in [1.807, 2.05) is 42.5 Å². The SMILES string of the molecule is O=C(Nc1ccc(C(=O)Nc2cccc(C#Cc3ccccn3)c2)cc1)NC1CC1. The summed E-state index contributed by atoms with van der Waals surface area (Å²) in [6, 6.07) is 19.7. The third kappa shape index (κ3) is 5.46. The Morgan fingerprint density at radius 3 is 2.43 bits per heavy atom. The van der Waals surface area contributed by atoms with Crippen LogP contribution in [-0.2, 0) is 0 Å². The molecule has 0 unspecified atom stereocenters. The second-order valence-corrected chi connectivity index (χ2v) is 6.95. The van der Waals surface area contributed by atoms with E-state index in [-0.39, 0.29) is 11.9 Å². The summed E-state index contributed by atoms with van der Waals surface area (Å²) in [7, 11) is 0. The lowest BCUT2D eigenvalue weighted by Crippen LogP contribution is -2.30. The van der Waals surface area contributed by atoms with E-state index in [4.69, 9.17) is 0 Å². The normalized spacial score (nSPS) is 12.3. The fraction of sp³-hybridized carbons (Fsp3) is 0.125. The molecule has 4 rings (SSSR count). The molecule has 1 saturated carbocycles. The molecule has 2 aromatic carbocycles. The van der Waals surface area contributed by atoms with E-state index >= 15 is 0 Å². The van der Waals surface area contributed by atoms with Gasteiger partial charge in [0.1, 0.15) is 5.69 Å². The molecule has 0 atom stereocenters. The Morgan fingerprint density at radius 2 is 1.70 bits per heavy atom. The van der Waals surface area contributed by atoms with Gasteiger partial charge in [0.15, 0.2) is 0 Å². The summed E-state index contributed by atoms with van der Waals surface area (Å²) in [6.07, 6.45) is 3.76. The molecule has 0 spiro atoms. The van der Waals surface area contributed by atoms with Crippen molar-refractivity contribution in [3.8, 4) is 11.8 Å². The highest BCUT2D eigenvalue weighted by molar-refractivity contribution is 6.04. The summed E-state index contributed by atoms with van der Waals surface area (Å²) in [5.41, 5.74) is 3.24. The summed E-state index contributed by atoms with van der Waals surface area (Å²) in [6.45, 7) is 0. The van der Waals surface area contributed by atoms with Crippen LogP contribution in [0.1, 0.15) is 34.5 Å². The summed E-state index contributed by atoms with van der Waals surface area (Å²) >= 11 is 0. The van der Waals surface area contributed by atoms with Gasteiger partial charge in [0, 0.05) is 34.7 Å². The third-order valence-corrected chi connectivity index (χ3v) is 4.44. The summed E-state index contributed by atoms with van der Waals surface area (Å²) in [4.78, 5) is 28.5. The number of amides is 3. The van der Waals surface area contributed by atoms with Crippen molar-refractivity contribution in [1.29, 1.82) is 0 Å². The van der Waals surface area contributed by atoms with E-state index in [9.17, 15) is 9.59 Å². The van der Waals surface area contributed by atoms with Gasteiger partial charge in [-0.15, -0.1) is 0 Å². The van der Waals surface area contributed by atoms with Crippen molar-refractivity contribution >= 4 is 23.3 Å². The van der Waals surface area contributed by atoms with Crippen LogP contribution < -0.4 is 16.0 Å². The number of nitrogens with one attached hydrogen (secondary N) is 3. The van der Waals surface area contributed by atoms with E-state index in [0.29, 0.717) is 28.7 Å². The number of pyridine rings is 1. The van der Waals surface area contributed by atoms with Gasteiger partial charge in [-0.2, -0.15) is 0 Å². The number of rotatable bonds is 4. The van der Waals surface area contributed by atoms with Gasteiger partial charge in [0.05, 0.1) is 0 Å². The Morgan fingerprint density at radius 1 is 0.867 bits per heavy atom. The largest absolute Gasteiger partial charge is 0.335 e. The van der Waals surface area contributed by atoms with Crippen LogP contribution in [-0.4, -0.2) is 23.0 Å². The minimum absolute atomic E-state index is 0.224. The molecule has 0 bridgehead atoms. The topological polar surface area (TPSA) is 83.1 Å². The number of benzene rings is 2. The highest BCUT2D eigenvalue weighted by Gasteiger charge is 2.23. The minimum atomic E-state index is -0.237. The number of anilines is 2. The molecule has 3 aromatic rings. The molecule has 3 amide bonds. The van der Waals surface area contributed by atoms with Crippen LogP contribution in [0.25, 0.3) is 0 Å². The van der Waals surface area contributed by atoms with Gasteiger partial charge < -0.3 is 16.0 Å². The first-order valence-corrected chi connectivity index (χ1v) is 9.68. The highest BCUT2D eigenvalue weighted by atomic mass is 16.2. The molecule has 1 aromatic heterocycles. The maximum Gasteiger partial charge on any atom is 0.319 e. The summed E-state index contributed by atoms with van der Waals surface area (Å²) < 4.78 is 0. The molecular formula is C24H20N4O2. The first-order valence-electron chi connectivity index (χ1n) is 9.68. The molecule has 1 aliphatic carbocycles. The number of hydrogen-bond acceptors (Lipinski definition) is 3. The molecule has 148 valence electrons.